The zero-order valence-corrected chi connectivity index (χ0v) is 13.6. The Balaban J connectivity index is 1.67. The number of carbonyl (C=O) groups is 1. The largest absolute Gasteiger partial charge is 0.334 e. The molecule has 1 aromatic carbocycles. The van der Waals surface area contributed by atoms with E-state index in [-0.39, 0.29) is 5.56 Å². The van der Waals surface area contributed by atoms with Gasteiger partial charge in [0.1, 0.15) is 5.82 Å². The van der Waals surface area contributed by atoms with E-state index in [2.05, 4.69) is 14.9 Å². The van der Waals surface area contributed by atoms with Crippen LogP contribution in [-0.2, 0) is 13.0 Å². The molecule has 1 amide bonds. The first-order chi connectivity index (χ1) is 12.2. The molecule has 4 rings (SSSR count). The van der Waals surface area contributed by atoms with Gasteiger partial charge in [-0.1, -0.05) is 18.2 Å². The second-order valence-corrected chi connectivity index (χ2v) is 6.05. The molecule has 3 aromatic rings. The molecule has 0 saturated heterocycles. The molecule has 0 fully saturated rings. The monoisotopic (exact) mass is 336 g/mol. The maximum Gasteiger partial charge on any atom is 0.258 e. The molecule has 25 heavy (non-hydrogen) atoms. The molecule has 0 atom stereocenters. The number of benzene rings is 1. The van der Waals surface area contributed by atoms with E-state index >= 15 is 0 Å². The third-order valence-corrected chi connectivity index (χ3v) is 4.38. The standard InChI is InChI=1S/C19H17FN4O/c20-15-11-21-9-8-13(15)19(25)23-16-6-2-1-5-14(16)17-12-24-10-4-3-7-18(24)22-17/h1-2,5-6,8-9,11-12H,3-4,7,10H2,(H,23,25). The quantitative estimate of drug-likeness (QED) is 0.794. The number of rotatable bonds is 3. The molecule has 0 unspecified atom stereocenters. The highest BCUT2D eigenvalue weighted by Crippen LogP contribution is 2.29. The number of amides is 1. The number of anilines is 1. The van der Waals surface area contributed by atoms with Gasteiger partial charge < -0.3 is 9.88 Å². The number of imidazole rings is 1. The summed E-state index contributed by atoms with van der Waals surface area (Å²) in [6, 6.07) is 8.80. The Hall–Kier alpha value is -3.02. The van der Waals surface area contributed by atoms with Crippen molar-refractivity contribution in [3.05, 3.63) is 66.1 Å². The molecular weight excluding hydrogens is 319 g/mol. The lowest BCUT2D eigenvalue weighted by molar-refractivity contribution is 0.102. The molecule has 2 aromatic heterocycles. The average Bonchev–Trinajstić information content (AvgIpc) is 3.06. The number of pyridine rings is 1. The van der Waals surface area contributed by atoms with E-state index in [0.717, 1.165) is 49.1 Å². The predicted octanol–water partition coefficient (Wildman–Crippen LogP) is 3.67. The normalized spacial score (nSPS) is 13.3. The molecule has 1 aliphatic rings. The molecule has 3 heterocycles. The topological polar surface area (TPSA) is 59.8 Å². The molecule has 0 bridgehead atoms. The summed E-state index contributed by atoms with van der Waals surface area (Å²) in [5.74, 6) is -0.0752. The van der Waals surface area contributed by atoms with Crippen molar-refractivity contribution in [2.45, 2.75) is 25.8 Å². The number of nitrogens with zero attached hydrogens (tertiary/aromatic N) is 3. The van der Waals surface area contributed by atoms with Crippen LogP contribution in [0.1, 0.15) is 29.0 Å². The van der Waals surface area contributed by atoms with Crippen LogP contribution >= 0.6 is 0 Å². The summed E-state index contributed by atoms with van der Waals surface area (Å²) in [6.07, 6.45) is 7.72. The molecule has 0 aliphatic carbocycles. The van der Waals surface area contributed by atoms with Crippen LogP contribution in [0.15, 0.2) is 48.9 Å². The van der Waals surface area contributed by atoms with Crippen LogP contribution in [0.5, 0.6) is 0 Å². The van der Waals surface area contributed by atoms with Crippen LogP contribution in [0.3, 0.4) is 0 Å². The molecule has 126 valence electrons. The fourth-order valence-corrected chi connectivity index (χ4v) is 3.11. The van der Waals surface area contributed by atoms with Gasteiger partial charge in [-0.25, -0.2) is 9.37 Å². The van der Waals surface area contributed by atoms with E-state index < -0.39 is 11.7 Å². The molecular formula is C19H17FN4O. The first-order valence-corrected chi connectivity index (χ1v) is 8.29. The highest BCUT2D eigenvalue weighted by Gasteiger charge is 2.17. The molecule has 5 nitrogen and oxygen atoms in total. The Kier molecular flexibility index (Phi) is 4.01. The number of hydrogen-bond acceptors (Lipinski definition) is 3. The van der Waals surface area contributed by atoms with Crippen molar-refractivity contribution < 1.29 is 9.18 Å². The van der Waals surface area contributed by atoms with E-state index in [0.29, 0.717) is 5.69 Å². The third kappa shape index (κ3) is 3.03. The lowest BCUT2D eigenvalue weighted by Crippen LogP contribution is -2.14. The van der Waals surface area contributed by atoms with Crippen LogP contribution < -0.4 is 5.32 Å². The summed E-state index contributed by atoms with van der Waals surface area (Å²) in [7, 11) is 0. The molecule has 6 heteroatoms. The lowest BCUT2D eigenvalue weighted by Gasteiger charge is -2.11. The SMILES string of the molecule is O=C(Nc1ccccc1-c1cn2c(n1)CCCC2)c1ccncc1F. The smallest absolute Gasteiger partial charge is 0.258 e. The van der Waals surface area contributed by atoms with Crippen molar-refractivity contribution in [1.82, 2.24) is 14.5 Å². The molecule has 0 spiro atoms. The Labute approximate surface area is 144 Å². The number of hydrogen-bond donors (Lipinski definition) is 1. The Morgan fingerprint density at radius 3 is 2.92 bits per heavy atom. The highest BCUT2D eigenvalue weighted by atomic mass is 19.1. The van der Waals surface area contributed by atoms with Gasteiger partial charge in [0.2, 0.25) is 0 Å². The lowest BCUT2D eigenvalue weighted by atomic mass is 10.1. The van der Waals surface area contributed by atoms with E-state index in [1.165, 1.54) is 12.3 Å². The van der Waals surface area contributed by atoms with Gasteiger partial charge in [-0.05, 0) is 25.0 Å². The van der Waals surface area contributed by atoms with Gasteiger partial charge in [-0.2, -0.15) is 0 Å². The maximum atomic E-state index is 13.8. The van der Waals surface area contributed by atoms with E-state index in [1.807, 2.05) is 24.4 Å². The van der Waals surface area contributed by atoms with Crippen molar-refractivity contribution in [3.63, 3.8) is 0 Å². The summed E-state index contributed by atoms with van der Waals surface area (Å²) in [6.45, 7) is 0.971. The molecule has 1 aliphatic heterocycles. The number of nitrogens with one attached hydrogen (secondary N) is 1. The van der Waals surface area contributed by atoms with Gasteiger partial charge in [0.05, 0.1) is 23.1 Å². The minimum absolute atomic E-state index is 0.0334. The van der Waals surface area contributed by atoms with Gasteiger partial charge in [0.25, 0.3) is 5.91 Å². The van der Waals surface area contributed by atoms with E-state index in [1.54, 1.807) is 6.07 Å². The summed E-state index contributed by atoms with van der Waals surface area (Å²) < 4.78 is 15.9. The van der Waals surface area contributed by atoms with Gasteiger partial charge >= 0.3 is 0 Å². The number of halogens is 1. The van der Waals surface area contributed by atoms with E-state index in [9.17, 15) is 9.18 Å². The van der Waals surface area contributed by atoms with Gasteiger partial charge in [-0.15, -0.1) is 0 Å². The second kappa shape index (κ2) is 6.47. The van der Waals surface area contributed by atoms with Crippen LogP contribution in [0.4, 0.5) is 10.1 Å². The van der Waals surface area contributed by atoms with Crippen LogP contribution in [0.2, 0.25) is 0 Å². The van der Waals surface area contributed by atoms with Crippen LogP contribution in [-0.4, -0.2) is 20.4 Å². The van der Waals surface area contributed by atoms with Crippen molar-refractivity contribution in [2.75, 3.05) is 5.32 Å². The average molecular weight is 336 g/mol. The highest BCUT2D eigenvalue weighted by molar-refractivity contribution is 6.06. The van der Waals surface area contributed by atoms with Crippen molar-refractivity contribution >= 4 is 11.6 Å². The van der Waals surface area contributed by atoms with E-state index in [4.69, 9.17) is 4.98 Å². The minimum Gasteiger partial charge on any atom is -0.334 e. The van der Waals surface area contributed by atoms with Crippen molar-refractivity contribution in [2.24, 2.45) is 0 Å². The van der Waals surface area contributed by atoms with Gasteiger partial charge in [0, 0.05) is 30.9 Å². The predicted molar refractivity (Wildman–Crippen MR) is 92.7 cm³/mol. The number of carbonyl (C=O) groups excluding carboxylic acids is 1. The second-order valence-electron chi connectivity index (χ2n) is 6.05. The Morgan fingerprint density at radius 1 is 1.20 bits per heavy atom. The summed E-state index contributed by atoms with van der Waals surface area (Å²) in [4.78, 5) is 20.8. The summed E-state index contributed by atoms with van der Waals surface area (Å²) in [5.41, 5.74) is 2.23. The Morgan fingerprint density at radius 2 is 2.08 bits per heavy atom. The number of aryl methyl sites for hydroxylation is 2. The van der Waals surface area contributed by atoms with Crippen molar-refractivity contribution in [3.8, 4) is 11.3 Å². The summed E-state index contributed by atoms with van der Waals surface area (Å²) in [5, 5.41) is 2.79. The van der Waals surface area contributed by atoms with Gasteiger partial charge in [-0.3, -0.25) is 9.78 Å². The fourth-order valence-electron chi connectivity index (χ4n) is 3.11. The summed E-state index contributed by atoms with van der Waals surface area (Å²) >= 11 is 0. The Bertz CT molecular complexity index is 911. The number of aromatic nitrogens is 3. The number of fused-ring (bicyclic) bond motifs is 1. The third-order valence-electron chi connectivity index (χ3n) is 4.38. The molecule has 1 N–H and O–H groups in total. The van der Waals surface area contributed by atoms with Crippen LogP contribution in [0, 0.1) is 5.82 Å². The minimum atomic E-state index is -0.644. The first kappa shape index (κ1) is 15.5. The van der Waals surface area contributed by atoms with Gasteiger partial charge in [0.15, 0.2) is 5.82 Å². The molecule has 0 saturated carbocycles. The zero-order chi connectivity index (χ0) is 17.2. The van der Waals surface area contributed by atoms with Crippen LogP contribution in [0.25, 0.3) is 11.3 Å². The maximum absolute atomic E-state index is 13.8. The zero-order valence-electron chi connectivity index (χ0n) is 13.6. The first-order valence-electron chi connectivity index (χ1n) is 8.29. The fraction of sp³-hybridized carbons (Fsp3) is 0.211. The van der Waals surface area contributed by atoms with Crippen molar-refractivity contribution in [1.29, 1.82) is 0 Å². The number of para-hydroxylation sites is 1. The molecule has 0 radical (unpaired) electrons.